The number of nitrogens with zero attached hydrogens (tertiary/aromatic N) is 4. The molecular weight excluding hydrogens is 381 g/mol. The van der Waals surface area contributed by atoms with E-state index in [1.54, 1.807) is 10.7 Å². The fraction of sp³-hybridized carbons (Fsp3) is 0.348. The van der Waals surface area contributed by atoms with Crippen molar-refractivity contribution in [1.82, 2.24) is 25.2 Å². The first-order chi connectivity index (χ1) is 14.6. The Balaban J connectivity index is 1.39. The predicted molar refractivity (Wildman–Crippen MR) is 111 cm³/mol. The summed E-state index contributed by atoms with van der Waals surface area (Å²) in [5, 5.41) is 11.4. The van der Waals surface area contributed by atoms with Gasteiger partial charge in [-0.25, -0.2) is 9.07 Å². The predicted octanol–water partition coefficient (Wildman–Crippen LogP) is 3.17. The van der Waals surface area contributed by atoms with Crippen LogP contribution in [0.4, 0.5) is 4.39 Å². The zero-order valence-electron chi connectivity index (χ0n) is 16.9. The molecule has 1 fully saturated rings. The lowest BCUT2D eigenvalue weighted by Gasteiger charge is -2.30. The van der Waals surface area contributed by atoms with E-state index in [1.165, 1.54) is 17.2 Å². The molecule has 7 heteroatoms. The van der Waals surface area contributed by atoms with E-state index >= 15 is 0 Å². The van der Waals surface area contributed by atoms with Crippen molar-refractivity contribution in [3.05, 3.63) is 76.4 Å². The number of benzene rings is 2. The summed E-state index contributed by atoms with van der Waals surface area (Å²) in [6.07, 6.45) is 2.91. The number of hydrogen-bond acceptors (Lipinski definition) is 4. The Hall–Kier alpha value is -3.06. The molecule has 0 saturated heterocycles. The molecule has 30 heavy (non-hydrogen) atoms. The molecule has 0 radical (unpaired) electrons. The van der Waals surface area contributed by atoms with Gasteiger partial charge in [-0.3, -0.25) is 9.69 Å². The van der Waals surface area contributed by atoms with Crippen LogP contribution in [0.2, 0.25) is 0 Å². The van der Waals surface area contributed by atoms with Gasteiger partial charge in [0.05, 0.1) is 11.4 Å². The summed E-state index contributed by atoms with van der Waals surface area (Å²) in [6.45, 7) is 4.06. The zero-order chi connectivity index (χ0) is 20.7. The van der Waals surface area contributed by atoms with Gasteiger partial charge in [0.1, 0.15) is 5.82 Å². The van der Waals surface area contributed by atoms with E-state index in [9.17, 15) is 9.18 Å². The third-order valence-electron chi connectivity index (χ3n) is 5.92. The van der Waals surface area contributed by atoms with Crippen LogP contribution in [0.5, 0.6) is 0 Å². The van der Waals surface area contributed by atoms with Gasteiger partial charge in [0, 0.05) is 31.2 Å². The van der Waals surface area contributed by atoms with Crippen molar-refractivity contribution in [1.29, 1.82) is 0 Å². The normalized spacial score (nSPS) is 16.3. The first kappa shape index (κ1) is 18.9. The summed E-state index contributed by atoms with van der Waals surface area (Å²) in [6, 6.07) is 13.4. The fourth-order valence-corrected chi connectivity index (χ4v) is 4.10. The molecule has 0 spiro atoms. The Labute approximate surface area is 174 Å². The second-order valence-corrected chi connectivity index (χ2v) is 8.15. The van der Waals surface area contributed by atoms with Gasteiger partial charge >= 0.3 is 0 Å². The topological polar surface area (TPSA) is 63.1 Å². The average Bonchev–Trinajstić information content (AvgIpc) is 3.48. The van der Waals surface area contributed by atoms with Gasteiger partial charge in [0.25, 0.3) is 5.91 Å². The largest absolute Gasteiger partial charge is 0.348 e. The Bertz CT molecular complexity index is 1100. The number of aromatic nitrogens is 3. The average molecular weight is 405 g/mol. The van der Waals surface area contributed by atoms with Crippen LogP contribution in [0.1, 0.15) is 45.7 Å². The Morgan fingerprint density at radius 3 is 2.83 bits per heavy atom. The minimum Gasteiger partial charge on any atom is -0.348 e. The lowest BCUT2D eigenvalue weighted by molar-refractivity contribution is 0.0945. The lowest BCUT2D eigenvalue weighted by atomic mass is 9.97. The molecule has 5 rings (SSSR count). The molecule has 2 aromatic carbocycles. The molecule has 3 aromatic rings. The summed E-state index contributed by atoms with van der Waals surface area (Å²) in [4.78, 5) is 14.7. The smallest absolute Gasteiger partial charge is 0.273 e. The first-order valence-corrected chi connectivity index (χ1v) is 10.4. The van der Waals surface area contributed by atoms with Crippen molar-refractivity contribution < 1.29 is 9.18 Å². The quantitative estimate of drug-likeness (QED) is 0.708. The van der Waals surface area contributed by atoms with Crippen LogP contribution in [0.3, 0.4) is 0 Å². The van der Waals surface area contributed by atoms with Crippen molar-refractivity contribution in [2.45, 2.75) is 45.3 Å². The second-order valence-electron chi connectivity index (χ2n) is 8.15. The van der Waals surface area contributed by atoms with E-state index in [2.05, 4.69) is 26.6 Å². The van der Waals surface area contributed by atoms with Gasteiger partial charge in [-0.1, -0.05) is 35.5 Å². The van der Waals surface area contributed by atoms with Gasteiger partial charge in [-0.15, -0.1) is 5.10 Å². The maximum atomic E-state index is 14.0. The zero-order valence-corrected chi connectivity index (χ0v) is 16.9. The molecule has 154 valence electrons. The molecule has 1 aliphatic carbocycles. The summed E-state index contributed by atoms with van der Waals surface area (Å²) in [5.74, 6) is -0.311. The summed E-state index contributed by atoms with van der Waals surface area (Å²) in [7, 11) is 0. The number of amides is 1. The number of carbonyl (C=O) groups is 1. The fourth-order valence-electron chi connectivity index (χ4n) is 4.10. The highest BCUT2D eigenvalue weighted by molar-refractivity contribution is 5.93. The van der Waals surface area contributed by atoms with E-state index in [-0.39, 0.29) is 17.8 Å². The van der Waals surface area contributed by atoms with Crippen LogP contribution in [-0.2, 0) is 19.5 Å². The Morgan fingerprint density at radius 1 is 1.20 bits per heavy atom. The number of halogens is 1. The second kappa shape index (κ2) is 7.65. The van der Waals surface area contributed by atoms with Crippen LogP contribution in [0.15, 0.2) is 42.5 Å². The molecule has 1 saturated carbocycles. The van der Waals surface area contributed by atoms with Crippen LogP contribution in [0, 0.1) is 12.7 Å². The van der Waals surface area contributed by atoms with E-state index in [4.69, 9.17) is 0 Å². The van der Waals surface area contributed by atoms with Gasteiger partial charge in [-0.05, 0) is 49.4 Å². The molecule has 0 atom stereocenters. The van der Waals surface area contributed by atoms with Gasteiger partial charge < -0.3 is 5.32 Å². The SMILES string of the molecule is Cc1c(C(=O)NC2CC2)nnn1-c1cccc2c1CCN(Cc1ccccc1F)C2. The molecule has 2 aliphatic rings. The van der Waals surface area contributed by atoms with Crippen LogP contribution in [-0.4, -0.2) is 38.4 Å². The van der Waals surface area contributed by atoms with E-state index in [0.29, 0.717) is 12.2 Å². The highest BCUT2D eigenvalue weighted by atomic mass is 19.1. The van der Waals surface area contributed by atoms with Crippen LogP contribution >= 0.6 is 0 Å². The van der Waals surface area contributed by atoms with Gasteiger partial charge in [0.15, 0.2) is 5.69 Å². The van der Waals surface area contributed by atoms with Crippen LogP contribution in [0.25, 0.3) is 5.69 Å². The van der Waals surface area contributed by atoms with Crippen molar-refractivity contribution in [2.24, 2.45) is 0 Å². The van der Waals surface area contributed by atoms with Gasteiger partial charge in [-0.2, -0.15) is 0 Å². The van der Waals surface area contributed by atoms with E-state index in [1.807, 2.05) is 31.2 Å². The summed E-state index contributed by atoms with van der Waals surface area (Å²) >= 11 is 0. The van der Waals surface area contributed by atoms with Gasteiger partial charge in [0.2, 0.25) is 0 Å². The van der Waals surface area contributed by atoms with Crippen molar-refractivity contribution in [3.63, 3.8) is 0 Å². The maximum absolute atomic E-state index is 14.0. The number of fused-ring (bicyclic) bond motifs is 1. The molecule has 1 aromatic heterocycles. The number of rotatable bonds is 5. The van der Waals surface area contributed by atoms with Crippen molar-refractivity contribution >= 4 is 5.91 Å². The number of hydrogen-bond donors (Lipinski definition) is 1. The van der Waals surface area contributed by atoms with E-state index in [0.717, 1.165) is 49.3 Å². The van der Waals surface area contributed by atoms with E-state index < -0.39 is 0 Å². The van der Waals surface area contributed by atoms with Crippen molar-refractivity contribution in [3.8, 4) is 5.69 Å². The Morgan fingerprint density at radius 2 is 2.03 bits per heavy atom. The molecule has 1 N–H and O–H groups in total. The lowest BCUT2D eigenvalue weighted by Crippen LogP contribution is -2.31. The highest BCUT2D eigenvalue weighted by Crippen LogP contribution is 2.27. The number of nitrogens with one attached hydrogen (secondary N) is 1. The molecule has 2 heterocycles. The first-order valence-electron chi connectivity index (χ1n) is 10.4. The summed E-state index contributed by atoms with van der Waals surface area (Å²) in [5.41, 5.74) is 5.23. The highest BCUT2D eigenvalue weighted by Gasteiger charge is 2.27. The third kappa shape index (κ3) is 3.61. The Kier molecular flexibility index (Phi) is 4.83. The molecule has 0 unspecified atom stereocenters. The van der Waals surface area contributed by atoms with Crippen molar-refractivity contribution in [2.75, 3.05) is 6.54 Å². The monoisotopic (exact) mass is 405 g/mol. The molecule has 1 amide bonds. The molecule has 6 nitrogen and oxygen atoms in total. The summed E-state index contributed by atoms with van der Waals surface area (Å²) < 4.78 is 15.8. The van der Waals surface area contributed by atoms with Crippen LogP contribution < -0.4 is 5.32 Å². The minimum absolute atomic E-state index is 0.151. The maximum Gasteiger partial charge on any atom is 0.273 e. The number of carbonyl (C=O) groups excluding carboxylic acids is 1. The minimum atomic E-state index is -0.160. The third-order valence-corrected chi connectivity index (χ3v) is 5.92. The molecular formula is C23H24FN5O. The standard InChI is InChI=1S/C23H24FN5O/c1-15-22(23(30)25-18-9-10-18)26-27-29(15)21-8-4-6-16-13-28(12-11-19(16)21)14-17-5-2-3-7-20(17)24/h2-8,18H,9-14H2,1H3,(H,25,30). The molecule has 0 bridgehead atoms. The molecule has 1 aliphatic heterocycles.